The van der Waals surface area contributed by atoms with E-state index >= 15 is 0 Å². The van der Waals surface area contributed by atoms with Gasteiger partial charge >= 0.3 is 0 Å². The molecule has 82 valence electrons. The highest BCUT2D eigenvalue weighted by molar-refractivity contribution is 7.85. The van der Waals surface area contributed by atoms with Crippen LogP contribution < -0.4 is 0 Å². The van der Waals surface area contributed by atoms with E-state index in [0.29, 0.717) is 0 Å². The molecule has 0 aliphatic heterocycles. The molecule has 0 spiro atoms. The van der Waals surface area contributed by atoms with E-state index in [9.17, 15) is 8.42 Å². The molecule has 0 fully saturated rings. The molecule has 3 nitrogen and oxygen atoms in total. The van der Waals surface area contributed by atoms with Crippen molar-refractivity contribution in [3.05, 3.63) is 28.8 Å². The Balaban J connectivity index is 2.63. The number of hydrogen-bond acceptors (Lipinski definition) is 2. The molecule has 15 heavy (non-hydrogen) atoms. The summed E-state index contributed by atoms with van der Waals surface area (Å²) in [6.45, 7) is 2.00. The van der Waals surface area contributed by atoms with Crippen molar-refractivity contribution in [3.8, 4) is 0 Å². The van der Waals surface area contributed by atoms with Crippen LogP contribution in [0.4, 0.5) is 0 Å². The minimum absolute atomic E-state index is 0.0417. The van der Waals surface area contributed by atoms with E-state index in [2.05, 4.69) is 0 Å². The zero-order valence-corrected chi connectivity index (χ0v) is 9.47. The molecule has 0 saturated heterocycles. The van der Waals surface area contributed by atoms with Gasteiger partial charge in [0.1, 0.15) is 0 Å². The van der Waals surface area contributed by atoms with Gasteiger partial charge in [-0.1, -0.05) is 6.92 Å². The van der Waals surface area contributed by atoms with Crippen LogP contribution in [0.15, 0.2) is 17.0 Å². The molecule has 0 aromatic heterocycles. The number of rotatable bonds is 2. The Hall–Kier alpha value is -0.870. The van der Waals surface area contributed by atoms with Crippen LogP contribution in [0.3, 0.4) is 0 Å². The molecule has 1 aromatic rings. The highest BCUT2D eigenvalue weighted by Gasteiger charge is 2.19. The number of aryl methyl sites for hydroxylation is 2. The van der Waals surface area contributed by atoms with E-state index in [-0.39, 0.29) is 4.90 Å². The summed E-state index contributed by atoms with van der Waals surface area (Å²) >= 11 is 0. The predicted octanol–water partition coefficient (Wildman–Crippen LogP) is 1.98. The summed E-state index contributed by atoms with van der Waals surface area (Å²) < 4.78 is 31.1. The van der Waals surface area contributed by atoms with Crippen LogP contribution in [-0.4, -0.2) is 13.0 Å². The minimum atomic E-state index is -4.06. The molecule has 0 radical (unpaired) electrons. The molecular weight excluding hydrogens is 212 g/mol. The SMILES string of the molecule is CCc1cc(S(=O)(=O)O)cc2c1CCC2. The van der Waals surface area contributed by atoms with Crippen molar-refractivity contribution in [2.75, 3.05) is 0 Å². The number of benzene rings is 1. The third kappa shape index (κ3) is 1.92. The lowest BCUT2D eigenvalue weighted by atomic mass is 10.0. The summed E-state index contributed by atoms with van der Waals surface area (Å²) in [5.74, 6) is 0. The third-order valence-corrected chi connectivity index (χ3v) is 3.79. The van der Waals surface area contributed by atoms with Crippen LogP contribution in [0, 0.1) is 0 Å². The Kier molecular flexibility index (Phi) is 2.56. The number of fused-ring (bicyclic) bond motifs is 1. The van der Waals surface area contributed by atoms with Gasteiger partial charge in [0.2, 0.25) is 0 Å². The maximum Gasteiger partial charge on any atom is 0.294 e. The molecular formula is C11H14O3S. The Labute approximate surface area is 89.9 Å². The average Bonchev–Trinajstić information content (AvgIpc) is 2.62. The topological polar surface area (TPSA) is 54.4 Å². The average molecular weight is 226 g/mol. The van der Waals surface area contributed by atoms with Crippen molar-refractivity contribution in [2.45, 2.75) is 37.5 Å². The van der Waals surface area contributed by atoms with Crippen LogP contribution in [0.25, 0.3) is 0 Å². The van der Waals surface area contributed by atoms with Crippen LogP contribution in [-0.2, 0) is 29.4 Å². The highest BCUT2D eigenvalue weighted by Crippen LogP contribution is 2.28. The monoisotopic (exact) mass is 226 g/mol. The Morgan fingerprint density at radius 3 is 2.67 bits per heavy atom. The van der Waals surface area contributed by atoms with E-state index in [4.69, 9.17) is 4.55 Å². The van der Waals surface area contributed by atoms with E-state index in [1.165, 1.54) is 5.56 Å². The summed E-state index contributed by atoms with van der Waals surface area (Å²) in [6, 6.07) is 3.20. The fraction of sp³-hybridized carbons (Fsp3) is 0.455. The first kappa shape index (κ1) is 10.6. The summed E-state index contributed by atoms with van der Waals surface area (Å²) in [6.07, 6.45) is 3.85. The Morgan fingerprint density at radius 2 is 2.07 bits per heavy atom. The molecule has 4 heteroatoms. The molecule has 1 N–H and O–H groups in total. The van der Waals surface area contributed by atoms with Crippen molar-refractivity contribution in [1.82, 2.24) is 0 Å². The normalized spacial score (nSPS) is 15.3. The second kappa shape index (κ2) is 3.61. The molecule has 0 bridgehead atoms. The first-order valence-corrected chi connectivity index (χ1v) is 6.58. The van der Waals surface area contributed by atoms with Crippen LogP contribution in [0.2, 0.25) is 0 Å². The van der Waals surface area contributed by atoms with Crippen molar-refractivity contribution in [2.24, 2.45) is 0 Å². The van der Waals surface area contributed by atoms with Crippen molar-refractivity contribution in [3.63, 3.8) is 0 Å². The quantitative estimate of drug-likeness (QED) is 0.784. The van der Waals surface area contributed by atoms with Crippen molar-refractivity contribution in [1.29, 1.82) is 0 Å². The summed E-state index contributed by atoms with van der Waals surface area (Å²) in [5, 5.41) is 0. The van der Waals surface area contributed by atoms with E-state index in [1.54, 1.807) is 12.1 Å². The van der Waals surface area contributed by atoms with Gasteiger partial charge in [0.25, 0.3) is 10.1 Å². The van der Waals surface area contributed by atoms with Crippen LogP contribution >= 0.6 is 0 Å². The van der Waals surface area contributed by atoms with Crippen molar-refractivity contribution >= 4 is 10.1 Å². The molecule has 0 atom stereocenters. The largest absolute Gasteiger partial charge is 0.294 e. The lowest BCUT2D eigenvalue weighted by Crippen LogP contribution is -2.02. The predicted molar refractivity (Wildman–Crippen MR) is 57.7 cm³/mol. The Morgan fingerprint density at radius 1 is 1.33 bits per heavy atom. The summed E-state index contributed by atoms with van der Waals surface area (Å²) in [5.41, 5.74) is 3.42. The molecule has 1 aliphatic carbocycles. The first-order valence-electron chi connectivity index (χ1n) is 5.14. The van der Waals surface area contributed by atoms with Gasteiger partial charge in [0.05, 0.1) is 4.90 Å². The fourth-order valence-corrected chi connectivity index (χ4v) is 2.81. The first-order chi connectivity index (χ1) is 7.02. The lowest BCUT2D eigenvalue weighted by molar-refractivity contribution is 0.483. The zero-order chi connectivity index (χ0) is 11.1. The fourth-order valence-electron chi connectivity index (χ4n) is 2.23. The standard InChI is InChI=1S/C11H14O3S/c1-2-8-6-10(15(12,13)14)7-9-4-3-5-11(8)9/h6-7H,2-5H2,1H3,(H,12,13,14). The molecule has 0 amide bonds. The summed E-state index contributed by atoms with van der Waals surface area (Å²) in [4.78, 5) is 0.0417. The molecule has 2 rings (SSSR count). The molecule has 0 saturated carbocycles. The zero-order valence-electron chi connectivity index (χ0n) is 8.66. The maximum atomic E-state index is 11.1. The van der Waals surface area contributed by atoms with Gasteiger partial charge in [-0.25, -0.2) is 0 Å². The molecule has 0 heterocycles. The van der Waals surface area contributed by atoms with Gasteiger partial charge in [-0.3, -0.25) is 4.55 Å². The molecule has 1 aliphatic rings. The van der Waals surface area contributed by atoms with Gasteiger partial charge in [0, 0.05) is 0 Å². The smallest absolute Gasteiger partial charge is 0.282 e. The van der Waals surface area contributed by atoms with E-state index < -0.39 is 10.1 Å². The van der Waals surface area contributed by atoms with Gasteiger partial charge in [-0.05, 0) is 54.5 Å². The van der Waals surface area contributed by atoms with Crippen molar-refractivity contribution < 1.29 is 13.0 Å². The van der Waals surface area contributed by atoms with E-state index in [1.807, 2.05) is 6.92 Å². The minimum Gasteiger partial charge on any atom is -0.282 e. The van der Waals surface area contributed by atoms with Gasteiger partial charge < -0.3 is 0 Å². The third-order valence-electron chi connectivity index (χ3n) is 2.96. The molecule has 0 unspecified atom stereocenters. The summed E-state index contributed by atoms with van der Waals surface area (Å²) in [7, 11) is -4.06. The van der Waals surface area contributed by atoms with Gasteiger partial charge in [-0.15, -0.1) is 0 Å². The van der Waals surface area contributed by atoms with Gasteiger partial charge in [0.15, 0.2) is 0 Å². The molecule has 1 aromatic carbocycles. The number of hydrogen-bond donors (Lipinski definition) is 1. The second-order valence-electron chi connectivity index (χ2n) is 3.90. The van der Waals surface area contributed by atoms with Crippen LogP contribution in [0.5, 0.6) is 0 Å². The maximum absolute atomic E-state index is 11.1. The van der Waals surface area contributed by atoms with E-state index in [0.717, 1.165) is 36.8 Å². The highest BCUT2D eigenvalue weighted by atomic mass is 32.2. The van der Waals surface area contributed by atoms with Gasteiger partial charge in [-0.2, -0.15) is 8.42 Å². The van der Waals surface area contributed by atoms with Crippen LogP contribution in [0.1, 0.15) is 30.0 Å². The Bertz CT molecular complexity index is 489. The lowest BCUT2D eigenvalue weighted by Gasteiger charge is -2.08. The second-order valence-corrected chi connectivity index (χ2v) is 5.32.